The van der Waals surface area contributed by atoms with E-state index in [1.165, 1.54) is 18.5 Å². The van der Waals surface area contributed by atoms with E-state index in [9.17, 15) is 4.79 Å². The van der Waals surface area contributed by atoms with Gasteiger partial charge in [0.25, 0.3) is 5.91 Å². The molecule has 0 spiro atoms. The van der Waals surface area contributed by atoms with Crippen LogP contribution < -0.4 is 5.32 Å². The zero-order chi connectivity index (χ0) is 10.7. The maximum absolute atomic E-state index is 11.4. The molecule has 15 heavy (non-hydrogen) atoms. The molecule has 0 bridgehead atoms. The maximum Gasteiger partial charge on any atom is 0.294 e. The summed E-state index contributed by atoms with van der Waals surface area (Å²) in [4.78, 5) is 15.1. The van der Waals surface area contributed by atoms with Gasteiger partial charge in [-0.2, -0.15) is 5.10 Å². The number of carbonyl (C=O) groups is 1. The van der Waals surface area contributed by atoms with Gasteiger partial charge in [0.05, 0.1) is 0 Å². The number of nitrogens with zero attached hydrogens (tertiary/aromatic N) is 4. The second-order valence-electron chi connectivity index (χ2n) is 2.53. The van der Waals surface area contributed by atoms with Gasteiger partial charge in [0, 0.05) is 0 Å². The Morgan fingerprint density at radius 1 is 1.40 bits per heavy atom. The van der Waals surface area contributed by atoms with Crippen LogP contribution >= 0.6 is 11.6 Å². The van der Waals surface area contributed by atoms with Gasteiger partial charge in [-0.05, 0) is 12.1 Å². The summed E-state index contributed by atoms with van der Waals surface area (Å²) in [5, 5.41) is 15.9. The lowest BCUT2D eigenvalue weighted by Crippen LogP contribution is -2.14. The molecule has 2 N–H and O–H groups in total. The van der Waals surface area contributed by atoms with Crippen LogP contribution in [0.3, 0.4) is 0 Å². The molecule has 0 saturated heterocycles. The number of aromatic nitrogens is 5. The molecule has 76 valence electrons. The molecule has 0 radical (unpaired) electrons. The number of rotatable bonds is 2. The topological polar surface area (TPSA) is 96.5 Å². The number of amides is 1. The summed E-state index contributed by atoms with van der Waals surface area (Å²) in [6, 6.07) is 3.05. The molecule has 0 aliphatic carbocycles. The second-order valence-corrected chi connectivity index (χ2v) is 2.92. The van der Waals surface area contributed by atoms with Crippen molar-refractivity contribution in [2.24, 2.45) is 0 Å². The van der Waals surface area contributed by atoms with Gasteiger partial charge >= 0.3 is 0 Å². The lowest BCUT2D eigenvalue weighted by atomic mass is 10.5. The number of H-pyrrole nitrogens is 1. The first-order chi connectivity index (χ1) is 7.25. The highest BCUT2D eigenvalue weighted by Crippen LogP contribution is 2.06. The van der Waals surface area contributed by atoms with E-state index in [0.29, 0.717) is 5.82 Å². The van der Waals surface area contributed by atoms with Crippen molar-refractivity contribution in [3.8, 4) is 0 Å². The van der Waals surface area contributed by atoms with Crippen LogP contribution in [0.5, 0.6) is 0 Å². The van der Waals surface area contributed by atoms with Gasteiger partial charge in [0.1, 0.15) is 6.33 Å². The van der Waals surface area contributed by atoms with Gasteiger partial charge in [-0.25, -0.2) is 4.98 Å². The zero-order valence-electron chi connectivity index (χ0n) is 7.31. The highest BCUT2D eigenvalue weighted by atomic mass is 35.5. The van der Waals surface area contributed by atoms with Gasteiger partial charge in [-0.15, -0.1) is 10.2 Å². The van der Waals surface area contributed by atoms with Crippen molar-refractivity contribution < 1.29 is 4.79 Å². The Hall–Kier alpha value is -2.02. The largest absolute Gasteiger partial charge is 0.302 e. The molecule has 0 atom stereocenters. The van der Waals surface area contributed by atoms with Crippen LogP contribution in [-0.4, -0.2) is 31.3 Å². The highest BCUT2D eigenvalue weighted by molar-refractivity contribution is 6.29. The molecule has 0 aromatic carbocycles. The summed E-state index contributed by atoms with van der Waals surface area (Å²) >= 11 is 5.53. The predicted octanol–water partition coefficient (Wildman–Crippen LogP) is 0.500. The second kappa shape index (κ2) is 4.01. The molecule has 2 aromatic rings. The van der Waals surface area contributed by atoms with Gasteiger partial charge in [0.15, 0.2) is 11.0 Å². The lowest BCUT2D eigenvalue weighted by molar-refractivity contribution is 0.101. The molecule has 0 unspecified atom stereocenters. The maximum atomic E-state index is 11.4. The Morgan fingerprint density at radius 2 is 2.27 bits per heavy atom. The Morgan fingerprint density at radius 3 is 2.87 bits per heavy atom. The molecule has 8 heteroatoms. The van der Waals surface area contributed by atoms with Gasteiger partial charge in [0.2, 0.25) is 5.82 Å². The molecule has 7 nitrogen and oxygen atoms in total. The van der Waals surface area contributed by atoms with Gasteiger partial charge in [-0.1, -0.05) is 11.6 Å². The van der Waals surface area contributed by atoms with Crippen molar-refractivity contribution in [1.82, 2.24) is 25.4 Å². The van der Waals surface area contributed by atoms with Crippen molar-refractivity contribution in [1.29, 1.82) is 0 Å². The number of carbonyl (C=O) groups excluding carboxylic acids is 1. The smallest absolute Gasteiger partial charge is 0.294 e. The van der Waals surface area contributed by atoms with Crippen LogP contribution in [0.1, 0.15) is 10.6 Å². The summed E-state index contributed by atoms with van der Waals surface area (Å²) in [5.41, 5.74) is 0. The van der Waals surface area contributed by atoms with Crippen LogP contribution in [0.25, 0.3) is 0 Å². The Labute approximate surface area is 88.9 Å². The lowest BCUT2D eigenvalue weighted by Gasteiger charge is -1.99. The molecular formula is C7H5ClN6O. The number of hydrogen-bond acceptors (Lipinski definition) is 5. The van der Waals surface area contributed by atoms with Crippen molar-refractivity contribution in [2.75, 3.05) is 5.32 Å². The highest BCUT2D eigenvalue weighted by Gasteiger charge is 2.09. The van der Waals surface area contributed by atoms with Crippen LogP contribution in [0.2, 0.25) is 5.15 Å². The summed E-state index contributed by atoms with van der Waals surface area (Å²) in [6.45, 7) is 0. The number of anilines is 1. The normalized spacial score (nSPS) is 9.93. The number of hydrogen-bond donors (Lipinski definition) is 2. The average molecular weight is 225 g/mol. The first-order valence-corrected chi connectivity index (χ1v) is 4.29. The van der Waals surface area contributed by atoms with Crippen molar-refractivity contribution in [3.63, 3.8) is 0 Å². The van der Waals surface area contributed by atoms with E-state index in [1.807, 2.05) is 0 Å². The first-order valence-electron chi connectivity index (χ1n) is 3.91. The summed E-state index contributed by atoms with van der Waals surface area (Å²) in [7, 11) is 0. The van der Waals surface area contributed by atoms with E-state index >= 15 is 0 Å². The fourth-order valence-electron chi connectivity index (χ4n) is 0.873. The molecule has 1 amide bonds. The van der Waals surface area contributed by atoms with Crippen LogP contribution in [0.15, 0.2) is 18.5 Å². The van der Waals surface area contributed by atoms with E-state index in [4.69, 9.17) is 11.6 Å². The Kier molecular flexibility index (Phi) is 2.55. The minimum Gasteiger partial charge on any atom is -0.302 e. The molecular weight excluding hydrogens is 220 g/mol. The van der Waals surface area contributed by atoms with E-state index < -0.39 is 5.91 Å². The fraction of sp³-hybridized carbons (Fsp3) is 0. The molecule has 2 aromatic heterocycles. The monoisotopic (exact) mass is 224 g/mol. The van der Waals surface area contributed by atoms with Crippen molar-refractivity contribution in [2.45, 2.75) is 0 Å². The Balaban J connectivity index is 2.09. The standard InChI is InChI=1S/C7H5ClN6O/c8-4-1-2-5(13-12-4)11-7(15)6-9-3-10-14-6/h1-3H,(H,9,10,14)(H,11,13,15). The van der Waals surface area contributed by atoms with E-state index in [2.05, 4.69) is 30.7 Å². The fourth-order valence-corrected chi connectivity index (χ4v) is 0.974. The molecule has 0 fully saturated rings. The zero-order valence-corrected chi connectivity index (χ0v) is 8.06. The average Bonchev–Trinajstić information content (AvgIpc) is 2.74. The molecule has 2 heterocycles. The minimum atomic E-state index is -0.441. The molecule has 0 saturated carbocycles. The van der Waals surface area contributed by atoms with Crippen molar-refractivity contribution in [3.05, 3.63) is 29.4 Å². The molecule has 2 rings (SSSR count). The van der Waals surface area contributed by atoms with Gasteiger partial charge < -0.3 is 5.32 Å². The third-order valence-corrected chi connectivity index (χ3v) is 1.71. The van der Waals surface area contributed by atoms with Gasteiger partial charge in [-0.3, -0.25) is 9.89 Å². The summed E-state index contributed by atoms with van der Waals surface area (Å²) < 4.78 is 0. The third-order valence-electron chi connectivity index (χ3n) is 1.50. The SMILES string of the molecule is O=C(Nc1ccc(Cl)nn1)c1ncn[nH]1. The predicted molar refractivity (Wildman–Crippen MR) is 51.4 cm³/mol. The summed E-state index contributed by atoms with van der Waals surface area (Å²) in [6.07, 6.45) is 1.24. The van der Waals surface area contributed by atoms with E-state index in [0.717, 1.165) is 0 Å². The van der Waals surface area contributed by atoms with E-state index in [1.54, 1.807) is 0 Å². The van der Waals surface area contributed by atoms with E-state index in [-0.39, 0.29) is 11.0 Å². The Bertz CT molecular complexity index is 453. The van der Waals surface area contributed by atoms with Crippen LogP contribution in [0, 0.1) is 0 Å². The number of halogens is 1. The number of nitrogens with one attached hydrogen (secondary N) is 2. The third kappa shape index (κ3) is 2.26. The van der Waals surface area contributed by atoms with Crippen LogP contribution in [-0.2, 0) is 0 Å². The van der Waals surface area contributed by atoms with Crippen molar-refractivity contribution >= 4 is 23.3 Å². The first kappa shape index (κ1) is 9.53. The molecule has 0 aliphatic rings. The quantitative estimate of drug-likeness (QED) is 0.774. The number of aromatic amines is 1. The minimum absolute atomic E-state index is 0.103. The van der Waals surface area contributed by atoms with Crippen LogP contribution in [0.4, 0.5) is 5.82 Å². The molecule has 0 aliphatic heterocycles. The summed E-state index contributed by atoms with van der Waals surface area (Å²) in [5.74, 6) is -0.0447.